The third-order valence-corrected chi connectivity index (χ3v) is 5.57. The molecule has 1 aliphatic heterocycles. The van der Waals surface area contributed by atoms with E-state index in [1.54, 1.807) is 12.1 Å². The Morgan fingerprint density at radius 1 is 1.16 bits per heavy atom. The number of carboxylic acid groups (broad SMARTS) is 1. The fourth-order valence-corrected chi connectivity index (χ4v) is 4.39. The Bertz CT molecular complexity index is 910. The minimum absolute atomic E-state index is 0.0488. The second-order valence-corrected chi connectivity index (χ2v) is 7.25. The van der Waals surface area contributed by atoms with Gasteiger partial charge in [-0.25, -0.2) is 4.79 Å². The molecule has 2 aromatic carbocycles. The molecular formula is C19H15Cl2NO3. The summed E-state index contributed by atoms with van der Waals surface area (Å²) >= 11 is 12.4. The van der Waals surface area contributed by atoms with Crippen molar-refractivity contribution >= 4 is 34.9 Å². The summed E-state index contributed by atoms with van der Waals surface area (Å²) in [7, 11) is 0. The largest absolute Gasteiger partial charge is 0.507 e. The van der Waals surface area contributed by atoms with Crippen molar-refractivity contribution < 1.29 is 15.0 Å². The summed E-state index contributed by atoms with van der Waals surface area (Å²) in [5, 5.41) is 23.9. The number of rotatable bonds is 2. The number of benzene rings is 2. The van der Waals surface area contributed by atoms with Gasteiger partial charge < -0.3 is 15.5 Å². The number of aromatic carboxylic acids is 1. The van der Waals surface area contributed by atoms with Crippen molar-refractivity contribution in [1.82, 2.24) is 0 Å². The minimum Gasteiger partial charge on any atom is -0.507 e. The quantitative estimate of drug-likeness (QED) is 0.629. The molecule has 1 heterocycles. The van der Waals surface area contributed by atoms with Crippen molar-refractivity contribution in [2.24, 2.45) is 5.92 Å². The number of phenols is 1. The van der Waals surface area contributed by atoms with Gasteiger partial charge in [-0.05, 0) is 41.7 Å². The summed E-state index contributed by atoms with van der Waals surface area (Å²) in [5.41, 5.74) is 2.47. The van der Waals surface area contributed by atoms with Gasteiger partial charge in [0.1, 0.15) is 11.3 Å². The first kappa shape index (κ1) is 16.3. The van der Waals surface area contributed by atoms with Crippen LogP contribution in [0.4, 0.5) is 5.69 Å². The molecule has 0 saturated carbocycles. The van der Waals surface area contributed by atoms with E-state index >= 15 is 0 Å². The SMILES string of the molecule is O=C(O)c1cc2c(cc1O)NC(c1ccc(Cl)cc1Cl)C1CC=CC21. The molecule has 3 atom stereocenters. The van der Waals surface area contributed by atoms with Crippen molar-refractivity contribution in [3.63, 3.8) is 0 Å². The van der Waals surface area contributed by atoms with Crippen molar-refractivity contribution in [3.8, 4) is 5.75 Å². The zero-order chi connectivity index (χ0) is 17.7. The van der Waals surface area contributed by atoms with E-state index < -0.39 is 5.97 Å². The predicted molar refractivity (Wildman–Crippen MR) is 97.9 cm³/mol. The van der Waals surface area contributed by atoms with E-state index in [0.717, 1.165) is 23.2 Å². The third kappa shape index (κ3) is 2.66. The highest BCUT2D eigenvalue weighted by molar-refractivity contribution is 6.35. The Kier molecular flexibility index (Phi) is 3.89. The number of hydrogen-bond acceptors (Lipinski definition) is 3. The zero-order valence-corrected chi connectivity index (χ0v) is 14.6. The molecule has 0 aromatic heterocycles. The number of fused-ring (bicyclic) bond motifs is 3. The van der Waals surface area contributed by atoms with Gasteiger partial charge in [-0.15, -0.1) is 0 Å². The lowest BCUT2D eigenvalue weighted by Gasteiger charge is -2.38. The van der Waals surface area contributed by atoms with Crippen LogP contribution >= 0.6 is 23.2 Å². The fourth-order valence-electron chi connectivity index (χ4n) is 3.86. The molecule has 0 radical (unpaired) electrons. The van der Waals surface area contributed by atoms with Crippen LogP contribution < -0.4 is 5.32 Å². The van der Waals surface area contributed by atoms with Crippen LogP contribution in [0.2, 0.25) is 10.0 Å². The summed E-state index contributed by atoms with van der Waals surface area (Å²) in [5.74, 6) is -1.09. The highest BCUT2D eigenvalue weighted by atomic mass is 35.5. The topological polar surface area (TPSA) is 69.6 Å². The molecule has 3 unspecified atom stereocenters. The molecular weight excluding hydrogens is 361 g/mol. The van der Waals surface area contributed by atoms with E-state index in [2.05, 4.69) is 17.5 Å². The van der Waals surface area contributed by atoms with Crippen LogP contribution in [0.1, 0.15) is 39.9 Å². The lowest BCUT2D eigenvalue weighted by molar-refractivity contribution is 0.0693. The Morgan fingerprint density at radius 2 is 1.96 bits per heavy atom. The van der Waals surface area contributed by atoms with Crippen LogP contribution in [0, 0.1) is 5.92 Å². The van der Waals surface area contributed by atoms with E-state index in [0.29, 0.717) is 10.0 Å². The number of halogens is 2. The molecule has 4 rings (SSSR count). The van der Waals surface area contributed by atoms with Crippen LogP contribution in [0.25, 0.3) is 0 Å². The van der Waals surface area contributed by atoms with Gasteiger partial charge in [0.05, 0.1) is 6.04 Å². The van der Waals surface area contributed by atoms with Gasteiger partial charge in [0, 0.05) is 27.7 Å². The summed E-state index contributed by atoms with van der Waals surface area (Å²) in [6.07, 6.45) is 5.07. The Labute approximate surface area is 154 Å². The van der Waals surface area contributed by atoms with Crippen LogP contribution in [0.15, 0.2) is 42.5 Å². The Hall–Kier alpha value is -2.17. The third-order valence-electron chi connectivity index (χ3n) is 5.01. The van der Waals surface area contributed by atoms with Gasteiger partial charge in [0.15, 0.2) is 0 Å². The first-order valence-electron chi connectivity index (χ1n) is 7.94. The molecule has 0 amide bonds. The molecule has 0 fully saturated rings. The van der Waals surface area contributed by atoms with Crippen LogP contribution in [-0.2, 0) is 0 Å². The van der Waals surface area contributed by atoms with Gasteiger partial charge in [0.25, 0.3) is 0 Å². The monoisotopic (exact) mass is 375 g/mol. The molecule has 2 aromatic rings. The zero-order valence-electron chi connectivity index (χ0n) is 13.0. The van der Waals surface area contributed by atoms with E-state index in [1.165, 1.54) is 6.07 Å². The van der Waals surface area contributed by atoms with Gasteiger partial charge in [-0.1, -0.05) is 41.4 Å². The van der Waals surface area contributed by atoms with E-state index in [-0.39, 0.29) is 29.2 Å². The maximum Gasteiger partial charge on any atom is 0.339 e. The first-order valence-corrected chi connectivity index (χ1v) is 8.69. The summed E-state index contributed by atoms with van der Waals surface area (Å²) in [6.45, 7) is 0. The normalized spacial score (nSPS) is 23.7. The highest BCUT2D eigenvalue weighted by Gasteiger charge is 2.39. The maximum absolute atomic E-state index is 11.3. The standard InChI is InChI=1S/C19H15Cl2NO3/c20-9-4-5-12(15(21)6-9)18-11-3-1-2-10(11)13-7-14(19(24)25)17(23)8-16(13)22-18/h1-2,4-8,10-11,18,22-23H,3H2,(H,24,25). The molecule has 25 heavy (non-hydrogen) atoms. The minimum atomic E-state index is -1.14. The summed E-state index contributed by atoms with van der Waals surface area (Å²) < 4.78 is 0. The predicted octanol–water partition coefficient (Wildman–Crippen LogP) is 5.22. The van der Waals surface area contributed by atoms with Gasteiger partial charge in [-0.2, -0.15) is 0 Å². The number of carboxylic acids is 1. The molecule has 6 heteroatoms. The Balaban J connectivity index is 1.83. The molecule has 0 spiro atoms. The van der Waals surface area contributed by atoms with E-state index in [9.17, 15) is 15.0 Å². The number of nitrogens with one attached hydrogen (secondary N) is 1. The van der Waals surface area contributed by atoms with Crippen LogP contribution in [-0.4, -0.2) is 16.2 Å². The van der Waals surface area contributed by atoms with Crippen molar-refractivity contribution in [2.45, 2.75) is 18.4 Å². The highest BCUT2D eigenvalue weighted by Crippen LogP contribution is 2.51. The average Bonchev–Trinajstić information content (AvgIpc) is 3.03. The molecule has 4 nitrogen and oxygen atoms in total. The van der Waals surface area contributed by atoms with Gasteiger partial charge in [-0.3, -0.25) is 0 Å². The van der Waals surface area contributed by atoms with E-state index in [4.69, 9.17) is 23.2 Å². The van der Waals surface area contributed by atoms with Crippen LogP contribution in [0.5, 0.6) is 5.75 Å². The number of anilines is 1. The number of allylic oxidation sites excluding steroid dienone is 2. The smallest absolute Gasteiger partial charge is 0.339 e. The summed E-state index contributed by atoms with van der Waals surface area (Å²) in [4.78, 5) is 11.3. The number of carbonyl (C=O) groups is 1. The maximum atomic E-state index is 11.3. The molecule has 128 valence electrons. The molecule has 3 N–H and O–H groups in total. The van der Waals surface area contributed by atoms with Crippen molar-refractivity contribution in [3.05, 3.63) is 69.2 Å². The molecule has 0 bridgehead atoms. The molecule has 2 aliphatic rings. The number of aromatic hydroxyl groups is 1. The lowest BCUT2D eigenvalue weighted by Crippen LogP contribution is -2.29. The van der Waals surface area contributed by atoms with Gasteiger partial charge in [0.2, 0.25) is 0 Å². The van der Waals surface area contributed by atoms with Crippen molar-refractivity contribution in [1.29, 1.82) is 0 Å². The molecule has 0 saturated heterocycles. The van der Waals surface area contributed by atoms with Gasteiger partial charge >= 0.3 is 5.97 Å². The Morgan fingerprint density at radius 3 is 2.68 bits per heavy atom. The first-order chi connectivity index (χ1) is 12.0. The molecule has 1 aliphatic carbocycles. The number of hydrogen-bond donors (Lipinski definition) is 3. The second-order valence-electron chi connectivity index (χ2n) is 6.40. The van der Waals surface area contributed by atoms with Crippen LogP contribution in [0.3, 0.4) is 0 Å². The van der Waals surface area contributed by atoms with E-state index in [1.807, 2.05) is 12.1 Å². The summed E-state index contributed by atoms with van der Waals surface area (Å²) in [6, 6.07) is 8.44. The average molecular weight is 376 g/mol. The fraction of sp³-hybridized carbons (Fsp3) is 0.211. The second kappa shape index (κ2) is 5.97. The van der Waals surface area contributed by atoms with Crippen molar-refractivity contribution in [2.75, 3.05) is 5.32 Å². The lowest BCUT2D eigenvalue weighted by atomic mass is 9.76.